The molecule has 15 heteroatoms. The largest absolute Gasteiger partial charge is 0.480 e. The number of carbonyl (C=O) groups excluding carboxylic acids is 4. The van der Waals surface area contributed by atoms with Crippen LogP contribution in [-0.4, -0.2) is 75.3 Å². The highest BCUT2D eigenvalue weighted by atomic mass is 16.5. The quantitative estimate of drug-likeness (QED) is 0.247. The van der Waals surface area contributed by atoms with Crippen molar-refractivity contribution in [2.24, 2.45) is 5.73 Å². The molecule has 3 atom stereocenters. The van der Waals surface area contributed by atoms with Gasteiger partial charge >= 0.3 is 12.0 Å². The number of aromatic nitrogens is 2. The van der Waals surface area contributed by atoms with Crippen molar-refractivity contribution in [3.8, 4) is 0 Å². The lowest BCUT2D eigenvalue weighted by molar-refractivity contribution is -0.141. The zero-order valence-corrected chi connectivity index (χ0v) is 15.1. The molecular weight excluding hydrogens is 394 g/mol. The van der Waals surface area contributed by atoms with Gasteiger partial charge in [-0.15, -0.1) is 0 Å². The molecule has 1 saturated heterocycles. The third-order valence-corrected chi connectivity index (χ3v) is 3.76. The minimum atomic E-state index is -1.62. The van der Waals surface area contributed by atoms with E-state index in [0.717, 1.165) is 11.8 Å². The predicted molar refractivity (Wildman–Crippen MR) is 91.0 cm³/mol. The van der Waals surface area contributed by atoms with Crippen LogP contribution >= 0.6 is 0 Å². The number of anilines is 1. The van der Waals surface area contributed by atoms with Crippen LogP contribution in [0, 0.1) is 0 Å². The van der Waals surface area contributed by atoms with Crippen molar-refractivity contribution in [3.05, 3.63) is 5.89 Å². The number of carboxylic acid groups (broad SMARTS) is 1. The van der Waals surface area contributed by atoms with Gasteiger partial charge in [0.05, 0.1) is 19.1 Å². The Kier molecular flexibility index (Phi) is 6.66. The van der Waals surface area contributed by atoms with Crippen LogP contribution in [0.3, 0.4) is 0 Å². The van der Waals surface area contributed by atoms with E-state index in [1.165, 1.54) is 0 Å². The Morgan fingerprint density at radius 1 is 1.34 bits per heavy atom. The monoisotopic (exact) mass is 413 g/mol. The van der Waals surface area contributed by atoms with Crippen LogP contribution in [0.2, 0.25) is 0 Å². The average molecular weight is 413 g/mol. The van der Waals surface area contributed by atoms with Gasteiger partial charge in [-0.3, -0.25) is 19.3 Å². The molecule has 0 spiro atoms. The number of nitrogens with zero attached hydrogens (tertiary/aromatic N) is 3. The number of primary amides is 1. The maximum absolute atomic E-state index is 12.1. The number of nitrogens with two attached hydrogens (primary N) is 1. The Morgan fingerprint density at radius 3 is 2.62 bits per heavy atom. The van der Waals surface area contributed by atoms with Crippen molar-refractivity contribution in [1.82, 2.24) is 26.1 Å². The lowest BCUT2D eigenvalue weighted by atomic mass is 10.2. The molecule has 0 bridgehead atoms. The van der Waals surface area contributed by atoms with E-state index < -0.39 is 54.3 Å². The van der Waals surface area contributed by atoms with Crippen molar-refractivity contribution in [3.63, 3.8) is 0 Å². The number of rotatable bonds is 8. The van der Waals surface area contributed by atoms with Gasteiger partial charge in [0.15, 0.2) is 6.04 Å². The van der Waals surface area contributed by atoms with Crippen molar-refractivity contribution in [2.75, 3.05) is 18.0 Å². The lowest BCUT2D eigenvalue weighted by Gasteiger charge is -2.22. The summed E-state index contributed by atoms with van der Waals surface area (Å²) < 4.78 is 4.96. The highest BCUT2D eigenvalue weighted by Gasteiger charge is 2.31. The van der Waals surface area contributed by atoms with Crippen molar-refractivity contribution in [1.29, 1.82) is 0 Å². The van der Waals surface area contributed by atoms with E-state index in [1.807, 2.05) is 5.32 Å². The fourth-order valence-electron chi connectivity index (χ4n) is 2.35. The number of aliphatic hydroxyl groups is 1. The number of aliphatic hydroxyl groups excluding tert-OH is 1. The summed E-state index contributed by atoms with van der Waals surface area (Å²) in [7, 11) is 0. The van der Waals surface area contributed by atoms with Crippen LogP contribution in [0.25, 0.3) is 0 Å². The molecule has 2 rings (SSSR count). The Morgan fingerprint density at radius 2 is 2.03 bits per heavy atom. The minimum Gasteiger partial charge on any atom is -0.480 e. The average Bonchev–Trinajstić information content (AvgIpc) is 3.10. The molecule has 1 aromatic heterocycles. The Bertz CT molecular complexity index is 823. The molecule has 1 fully saturated rings. The lowest BCUT2D eigenvalue weighted by Crippen LogP contribution is -2.52. The van der Waals surface area contributed by atoms with Crippen LogP contribution in [0.5, 0.6) is 0 Å². The molecule has 7 N–H and O–H groups in total. The van der Waals surface area contributed by atoms with Crippen molar-refractivity contribution < 1.29 is 38.7 Å². The molecule has 15 nitrogen and oxygen atoms in total. The summed E-state index contributed by atoms with van der Waals surface area (Å²) >= 11 is 0. The second-order valence-corrected chi connectivity index (χ2v) is 6.09. The Labute approximate surface area is 162 Å². The summed E-state index contributed by atoms with van der Waals surface area (Å²) in [4.78, 5) is 62.6. The standard InChI is InChI=1S/C14H19N7O8/c1-5(22)10(12(26)27)18-14(28)17-6(2-7(15)23)11-19-13(20-29-11)21-4-8(24)16-3-9(21)25/h5-6,10,22H,2-4H2,1H3,(H2,15,23)(H,16,24)(H,26,27)(H2,17,18,28)/t5?,6-,10?/m0/s1. The van der Waals surface area contributed by atoms with E-state index >= 15 is 0 Å². The van der Waals surface area contributed by atoms with E-state index in [0.29, 0.717) is 0 Å². The first kappa shape index (κ1) is 21.5. The normalized spacial score (nSPS) is 17.1. The first-order valence-corrected chi connectivity index (χ1v) is 8.25. The molecule has 2 heterocycles. The van der Waals surface area contributed by atoms with Gasteiger partial charge < -0.3 is 36.4 Å². The third-order valence-electron chi connectivity index (χ3n) is 3.76. The van der Waals surface area contributed by atoms with Crippen LogP contribution in [0.1, 0.15) is 25.3 Å². The Balaban J connectivity index is 2.16. The summed E-state index contributed by atoms with van der Waals surface area (Å²) in [5.41, 5.74) is 5.14. The molecule has 0 aliphatic carbocycles. The van der Waals surface area contributed by atoms with E-state index in [2.05, 4.69) is 20.8 Å². The number of nitrogens with one attached hydrogen (secondary N) is 3. The second-order valence-electron chi connectivity index (χ2n) is 6.09. The number of urea groups is 1. The summed E-state index contributed by atoms with van der Waals surface area (Å²) in [5, 5.41) is 28.6. The van der Waals surface area contributed by atoms with Gasteiger partial charge in [-0.2, -0.15) is 4.98 Å². The molecule has 0 aromatic carbocycles. The smallest absolute Gasteiger partial charge is 0.328 e. The zero-order chi connectivity index (χ0) is 21.7. The zero-order valence-electron chi connectivity index (χ0n) is 15.1. The number of hydrogen-bond donors (Lipinski definition) is 6. The van der Waals surface area contributed by atoms with E-state index in [-0.39, 0.29) is 24.9 Å². The fraction of sp³-hybridized carbons (Fsp3) is 0.500. The van der Waals surface area contributed by atoms with Gasteiger partial charge in [0.25, 0.3) is 11.8 Å². The number of amides is 5. The van der Waals surface area contributed by atoms with Crippen molar-refractivity contribution in [2.45, 2.75) is 31.5 Å². The SMILES string of the molecule is CC(O)C(NC(=O)N[C@@H](CC(N)=O)c1nc(N2CC(=O)NCC2=O)no1)C(=O)O. The van der Waals surface area contributed by atoms with Gasteiger partial charge in [-0.1, -0.05) is 0 Å². The van der Waals surface area contributed by atoms with Gasteiger partial charge in [0.2, 0.25) is 17.7 Å². The van der Waals surface area contributed by atoms with Gasteiger partial charge in [-0.05, 0) is 12.1 Å². The molecule has 1 aliphatic heterocycles. The van der Waals surface area contributed by atoms with E-state index in [4.69, 9.17) is 15.4 Å². The van der Waals surface area contributed by atoms with Gasteiger partial charge in [0.1, 0.15) is 12.6 Å². The molecule has 1 aliphatic rings. The van der Waals surface area contributed by atoms with Gasteiger partial charge in [0, 0.05) is 0 Å². The van der Waals surface area contributed by atoms with Crippen molar-refractivity contribution >= 4 is 35.7 Å². The number of carbonyl (C=O) groups is 5. The molecule has 1 aromatic rings. The maximum Gasteiger partial charge on any atom is 0.328 e. The third kappa shape index (κ3) is 5.61. The predicted octanol–water partition coefficient (Wildman–Crippen LogP) is -3.42. The number of aliphatic carboxylic acids is 1. The van der Waals surface area contributed by atoms with Crippen LogP contribution in [0.4, 0.5) is 10.7 Å². The van der Waals surface area contributed by atoms with Crippen LogP contribution in [-0.2, 0) is 19.2 Å². The molecule has 158 valence electrons. The molecule has 0 saturated carbocycles. The summed E-state index contributed by atoms with van der Waals surface area (Å²) in [6.45, 7) is 0.556. The van der Waals surface area contributed by atoms with Gasteiger partial charge in [-0.25, -0.2) is 9.59 Å². The van der Waals surface area contributed by atoms with Crippen LogP contribution < -0.4 is 26.6 Å². The topological polar surface area (TPSA) is 230 Å². The molecule has 5 amide bonds. The number of hydrogen-bond acceptors (Lipinski definition) is 9. The summed E-state index contributed by atoms with van der Waals surface area (Å²) in [6, 6.07) is -3.93. The minimum absolute atomic E-state index is 0.260. The molecular formula is C14H19N7O8. The summed E-state index contributed by atoms with van der Waals surface area (Å²) in [5.74, 6) is -3.85. The van der Waals surface area contributed by atoms with Crippen LogP contribution in [0.15, 0.2) is 4.52 Å². The Hall–Kier alpha value is -3.75. The second kappa shape index (κ2) is 8.96. The number of carboxylic acids is 1. The number of piperazine rings is 1. The fourth-order valence-corrected chi connectivity index (χ4v) is 2.35. The highest BCUT2D eigenvalue weighted by Crippen LogP contribution is 2.19. The molecule has 2 unspecified atom stereocenters. The maximum atomic E-state index is 12.1. The summed E-state index contributed by atoms with van der Waals surface area (Å²) in [6.07, 6.45) is -1.89. The first-order chi connectivity index (χ1) is 13.6. The van der Waals surface area contributed by atoms with E-state index in [1.54, 1.807) is 0 Å². The molecule has 29 heavy (non-hydrogen) atoms. The molecule has 0 radical (unpaired) electrons. The highest BCUT2D eigenvalue weighted by molar-refractivity contribution is 6.03. The van der Waals surface area contributed by atoms with E-state index in [9.17, 15) is 29.1 Å². The first-order valence-electron chi connectivity index (χ1n) is 8.25.